The highest BCUT2D eigenvalue weighted by Gasteiger charge is 2.19. The van der Waals surface area contributed by atoms with E-state index in [1.165, 1.54) is 11.0 Å². The molecule has 0 heterocycles. The second-order valence-electron chi connectivity index (χ2n) is 6.90. The number of hydrogen-bond acceptors (Lipinski definition) is 3. The van der Waals surface area contributed by atoms with E-state index in [0.29, 0.717) is 22.8 Å². The molecule has 2 N–H and O–H groups in total. The lowest BCUT2D eigenvalue weighted by Gasteiger charge is -2.22. The first-order valence-electron chi connectivity index (χ1n) is 9.67. The third kappa shape index (κ3) is 7.35. The van der Waals surface area contributed by atoms with E-state index < -0.39 is 5.91 Å². The number of carbonyl (C=O) groups excluding carboxylic acids is 3. The number of amides is 3. The number of rotatable bonds is 9. The van der Waals surface area contributed by atoms with Gasteiger partial charge in [-0.05, 0) is 43.7 Å². The number of carbonyl (C=O) groups is 3. The highest BCUT2D eigenvalue weighted by atomic mass is 35.5. The normalized spacial score (nSPS) is 10.4. The lowest BCUT2D eigenvalue weighted by molar-refractivity contribution is -0.124. The fourth-order valence-corrected chi connectivity index (χ4v) is 2.96. The highest BCUT2D eigenvalue weighted by molar-refractivity contribution is 6.42. The molecule has 0 atom stereocenters. The summed E-state index contributed by atoms with van der Waals surface area (Å²) in [6, 6.07) is 11.9. The van der Waals surface area contributed by atoms with Crippen LogP contribution in [0.3, 0.4) is 0 Å². The molecule has 3 amide bonds. The smallest absolute Gasteiger partial charge is 0.254 e. The fourth-order valence-electron chi connectivity index (χ4n) is 2.66. The molecule has 0 saturated carbocycles. The number of halogens is 2. The van der Waals surface area contributed by atoms with Gasteiger partial charge in [0, 0.05) is 17.8 Å². The van der Waals surface area contributed by atoms with E-state index in [1.807, 2.05) is 26.0 Å². The average Bonchev–Trinajstić information content (AvgIpc) is 2.72. The Balaban J connectivity index is 1.93. The van der Waals surface area contributed by atoms with Gasteiger partial charge in [0.05, 0.1) is 23.1 Å². The molecule has 0 aliphatic heterocycles. The summed E-state index contributed by atoms with van der Waals surface area (Å²) < 4.78 is 0. The number of hydrogen-bond donors (Lipinski definition) is 2. The molecule has 30 heavy (non-hydrogen) atoms. The molecule has 6 nitrogen and oxygen atoms in total. The van der Waals surface area contributed by atoms with Crippen molar-refractivity contribution >= 4 is 46.6 Å². The molecule has 0 bridgehead atoms. The number of aryl methyl sites for hydroxylation is 1. The van der Waals surface area contributed by atoms with E-state index in [0.717, 1.165) is 18.4 Å². The minimum atomic E-state index is -0.418. The van der Waals surface area contributed by atoms with Crippen molar-refractivity contribution in [2.75, 3.05) is 25.0 Å². The molecule has 0 unspecified atom stereocenters. The van der Waals surface area contributed by atoms with E-state index in [9.17, 15) is 14.4 Å². The summed E-state index contributed by atoms with van der Waals surface area (Å²) in [5, 5.41) is 5.89. The van der Waals surface area contributed by atoms with Crippen LogP contribution >= 0.6 is 23.2 Å². The third-order valence-corrected chi connectivity index (χ3v) is 5.09. The average molecular weight is 450 g/mol. The molecular formula is C22H25Cl2N3O3. The van der Waals surface area contributed by atoms with Crippen molar-refractivity contribution in [1.29, 1.82) is 0 Å². The number of benzene rings is 2. The number of anilines is 1. The zero-order valence-corrected chi connectivity index (χ0v) is 18.5. The largest absolute Gasteiger partial charge is 0.345 e. The lowest BCUT2D eigenvalue weighted by atomic mass is 10.2. The standard InChI is InChI=1S/C22H25Cl2N3O3/c1-3-4-11-27(22(30)16-7-10-18(23)19(24)12-16)14-21(29)25-13-20(28)26-17-8-5-15(2)6-9-17/h5-10,12H,3-4,11,13-14H2,1-2H3,(H,25,29)(H,26,28). The van der Waals surface area contributed by atoms with Gasteiger partial charge in [-0.25, -0.2) is 0 Å². The van der Waals surface area contributed by atoms with Gasteiger partial charge in [0.2, 0.25) is 11.8 Å². The molecule has 0 spiro atoms. The molecule has 2 rings (SSSR count). The van der Waals surface area contributed by atoms with Gasteiger partial charge in [-0.2, -0.15) is 0 Å². The Kier molecular flexibility index (Phi) is 9.15. The molecule has 0 aromatic heterocycles. The van der Waals surface area contributed by atoms with Gasteiger partial charge < -0.3 is 15.5 Å². The minimum Gasteiger partial charge on any atom is -0.345 e. The maximum Gasteiger partial charge on any atom is 0.254 e. The summed E-state index contributed by atoms with van der Waals surface area (Å²) in [5.74, 6) is -1.08. The maximum absolute atomic E-state index is 12.8. The Morgan fingerprint density at radius 3 is 2.30 bits per heavy atom. The summed E-state index contributed by atoms with van der Waals surface area (Å²) in [5.41, 5.74) is 2.09. The van der Waals surface area contributed by atoms with E-state index >= 15 is 0 Å². The second kappa shape index (κ2) is 11.6. The first-order valence-corrected chi connectivity index (χ1v) is 10.4. The second-order valence-corrected chi connectivity index (χ2v) is 7.71. The zero-order valence-electron chi connectivity index (χ0n) is 17.0. The van der Waals surface area contributed by atoms with Gasteiger partial charge >= 0.3 is 0 Å². The van der Waals surface area contributed by atoms with Gasteiger partial charge in [-0.3, -0.25) is 14.4 Å². The van der Waals surface area contributed by atoms with Crippen molar-refractivity contribution in [3.05, 3.63) is 63.6 Å². The van der Waals surface area contributed by atoms with Crippen LogP contribution in [0.1, 0.15) is 35.7 Å². The van der Waals surface area contributed by atoms with Gasteiger partial charge in [0.15, 0.2) is 0 Å². The molecule has 0 aliphatic rings. The Hall–Kier alpha value is -2.57. The first kappa shape index (κ1) is 23.7. The van der Waals surface area contributed by atoms with Gasteiger partial charge in [-0.15, -0.1) is 0 Å². The Morgan fingerprint density at radius 1 is 0.967 bits per heavy atom. The summed E-state index contributed by atoms with van der Waals surface area (Å²) in [6.07, 6.45) is 1.61. The molecule has 0 radical (unpaired) electrons. The Bertz CT molecular complexity index is 901. The predicted molar refractivity (Wildman–Crippen MR) is 120 cm³/mol. The maximum atomic E-state index is 12.8. The van der Waals surface area contributed by atoms with Crippen molar-refractivity contribution in [3.8, 4) is 0 Å². The number of nitrogens with zero attached hydrogens (tertiary/aromatic N) is 1. The third-order valence-electron chi connectivity index (χ3n) is 4.35. The van der Waals surface area contributed by atoms with Crippen molar-refractivity contribution in [3.63, 3.8) is 0 Å². The van der Waals surface area contributed by atoms with Crippen molar-refractivity contribution in [2.45, 2.75) is 26.7 Å². The quantitative estimate of drug-likeness (QED) is 0.598. The van der Waals surface area contributed by atoms with Gasteiger partial charge in [0.1, 0.15) is 0 Å². The molecule has 160 valence electrons. The van der Waals surface area contributed by atoms with E-state index in [-0.39, 0.29) is 29.9 Å². The van der Waals surface area contributed by atoms with Crippen LogP contribution in [-0.4, -0.2) is 42.3 Å². The van der Waals surface area contributed by atoms with Crippen LogP contribution in [0.4, 0.5) is 5.69 Å². The van der Waals surface area contributed by atoms with Crippen LogP contribution in [0.15, 0.2) is 42.5 Å². The van der Waals surface area contributed by atoms with Crippen LogP contribution in [-0.2, 0) is 9.59 Å². The van der Waals surface area contributed by atoms with E-state index in [2.05, 4.69) is 10.6 Å². The molecule has 0 fully saturated rings. The topological polar surface area (TPSA) is 78.5 Å². The van der Waals surface area contributed by atoms with Crippen LogP contribution in [0, 0.1) is 6.92 Å². The number of nitrogens with one attached hydrogen (secondary N) is 2. The summed E-state index contributed by atoms with van der Waals surface area (Å²) >= 11 is 11.9. The zero-order chi connectivity index (χ0) is 22.1. The van der Waals surface area contributed by atoms with Gasteiger partial charge in [0.25, 0.3) is 5.91 Å². The summed E-state index contributed by atoms with van der Waals surface area (Å²) in [6.45, 7) is 4.03. The van der Waals surface area contributed by atoms with Crippen LogP contribution < -0.4 is 10.6 Å². The minimum absolute atomic E-state index is 0.156. The Morgan fingerprint density at radius 2 is 1.67 bits per heavy atom. The molecular weight excluding hydrogens is 425 g/mol. The lowest BCUT2D eigenvalue weighted by Crippen LogP contribution is -2.43. The molecule has 0 aliphatic carbocycles. The molecule has 2 aromatic rings. The van der Waals surface area contributed by atoms with Crippen molar-refractivity contribution in [1.82, 2.24) is 10.2 Å². The highest BCUT2D eigenvalue weighted by Crippen LogP contribution is 2.23. The molecule has 0 saturated heterocycles. The number of unbranched alkanes of at least 4 members (excludes halogenated alkanes) is 1. The Labute approximate surface area is 186 Å². The predicted octanol–water partition coefficient (Wildman–Crippen LogP) is 4.30. The van der Waals surface area contributed by atoms with Crippen molar-refractivity contribution < 1.29 is 14.4 Å². The summed E-state index contributed by atoms with van der Waals surface area (Å²) in [4.78, 5) is 38.7. The fraction of sp³-hybridized carbons (Fsp3) is 0.318. The molecule has 2 aromatic carbocycles. The monoisotopic (exact) mass is 449 g/mol. The van der Waals surface area contributed by atoms with Crippen LogP contribution in [0.5, 0.6) is 0 Å². The SMILES string of the molecule is CCCCN(CC(=O)NCC(=O)Nc1ccc(C)cc1)C(=O)c1ccc(Cl)c(Cl)c1. The van der Waals surface area contributed by atoms with E-state index in [4.69, 9.17) is 23.2 Å². The molecule has 8 heteroatoms. The van der Waals surface area contributed by atoms with E-state index in [1.54, 1.807) is 24.3 Å². The first-order chi connectivity index (χ1) is 14.3. The van der Waals surface area contributed by atoms with Gasteiger partial charge in [-0.1, -0.05) is 54.2 Å². The van der Waals surface area contributed by atoms with Crippen LogP contribution in [0.25, 0.3) is 0 Å². The summed E-state index contributed by atoms with van der Waals surface area (Å²) in [7, 11) is 0. The van der Waals surface area contributed by atoms with Crippen molar-refractivity contribution in [2.24, 2.45) is 0 Å². The van der Waals surface area contributed by atoms with Crippen LogP contribution in [0.2, 0.25) is 10.0 Å².